The molecule has 0 fully saturated rings. The number of hydrogen-bond acceptors (Lipinski definition) is 14. The van der Waals surface area contributed by atoms with E-state index in [9.17, 15) is 54.3 Å². The number of esters is 1. The first-order valence-corrected chi connectivity index (χ1v) is 14.7. The summed E-state index contributed by atoms with van der Waals surface area (Å²) in [5.41, 5.74) is -2.01. The fourth-order valence-corrected chi connectivity index (χ4v) is 5.49. The van der Waals surface area contributed by atoms with Crippen LogP contribution < -0.4 is 9.47 Å². The summed E-state index contributed by atoms with van der Waals surface area (Å²) in [7, 11) is 0. The third-order valence-corrected chi connectivity index (χ3v) is 7.64. The van der Waals surface area contributed by atoms with Crippen LogP contribution in [0.15, 0.2) is 48.0 Å². The standard InChI is InChI=1S/C35H32O14/c1-14(36)29(21-7-9-24(43)34(30(21)15(2)37)49-32(17(4)39)18(5)40)31(16(3)38)35(46)48-28-13-22-25(44)11-20(41)12-27(22)47-33(28)19-6-8-23(42)26(45)10-19/h6-12,28,32-33,41-45H,13H2,1-5H3. The second kappa shape index (κ2) is 13.9. The van der Waals surface area contributed by atoms with Gasteiger partial charge in [-0.1, -0.05) is 6.07 Å². The Kier molecular flexibility index (Phi) is 10.1. The van der Waals surface area contributed by atoms with Crippen molar-refractivity contribution < 1.29 is 68.5 Å². The van der Waals surface area contributed by atoms with Gasteiger partial charge in [-0.3, -0.25) is 24.0 Å². The molecule has 0 spiro atoms. The Morgan fingerprint density at radius 2 is 1.39 bits per heavy atom. The number of rotatable bonds is 11. The predicted molar refractivity (Wildman–Crippen MR) is 169 cm³/mol. The largest absolute Gasteiger partial charge is 0.508 e. The van der Waals surface area contributed by atoms with Crippen molar-refractivity contribution in [2.45, 2.75) is 59.4 Å². The number of ether oxygens (including phenoxy) is 3. The molecule has 3 aromatic carbocycles. The van der Waals surface area contributed by atoms with Crippen LogP contribution >= 0.6 is 0 Å². The smallest absolute Gasteiger partial charge is 0.342 e. The van der Waals surface area contributed by atoms with Crippen molar-refractivity contribution in [3.63, 3.8) is 0 Å². The highest BCUT2D eigenvalue weighted by Gasteiger charge is 2.39. The molecule has 0 amide bonds. The fourth-order valence-electron chi connectivity index (χ4n) is 5.49. The molecular weight excluding hydrogens is 644 g/mol. The second-order valence-electron chi connectivity index (χ2n) is 11.4. The van der Waals surface area contributed by atoms with Crippen molar-refractivity contribution in [2.24, 2.45) is 0 Å². The van der Waals surface area contributed by atoms with Gasteiger partial charge in [-0.25, -0.2) is 4.79 Å². The van der Waals surface area contributed by atoms with Gasteiger partial charge in [0.1, 0.15) is 28.9 Å². The van der Waals surface area contributed by atoms with Crippen molar-refractivity contribution >= 4 is 40.5 Å². The van der Waals surface area contributed by atoms with Gasteiger partial charge in [0.15, 0.2) is 58.0 Å². The van der Waals surface area contributed by atoms with Crippen LogP contribution in [0.25, 0.3) is 5.57 Å². The van der Waals surface area contributed by atoms with Crippen LogP contribution in [0.3, 0.4) is 0 Å². The molecule has 4 rings (SSSR count). The van der Waals surface area contributed by atoms with Gasteiger partial charge in [-0.05, 0) is 58.9 Å². The molecule has 0 saturated heterocycles. The maximum absolute atomic E-state index is 14.0. The summed E-state index contributed by atoms with van der Waals surface area (Å²) in [4.78, 5) is 77.5. The number of carbonyl (C=O) groups excluding carboxylic acids is 6. The molecule has 2 unspecified atom stereocenters. The lowest BCUT2D eigenvalue weighted by atomic mass is 9.89. The monoisotopic (exact) mass is 676 g/mol. The number of benzene rings is 3. The number of allylic oxidation sites excluding steroid dienone is 1. The Hall–Kier alpha value is -6.18. The van der Waals surface area contributed by atoms with E-state index in [-0.39, 0.29) is 34.6 Å². The number of fused-ring (bicyclic) bond motifs is 1. The first-order chi connectivity index (χ1) is 22.9. The van der Waals surface area contributed by atoms with Gasteiger partial charge in [0, 0.05) is 40.8 Å². The van der Waals surface area contributed by atoms with Crippen LogP contribution in [0.1, 0.15) is 67.8 Å². The molecular formula is C35H32O14. The van der Waals surface area contributed by atoms with Crippen LogP contribution in [-0.4, -0.2) is 72.6 Å². The minimum Gasteiger partial charge on any atom is -0.508 e. The topological polar surface area (TPSA) is 231 Å². The summed E-state index contributed by atoms with van der Waals surface area (Å²) in [5, 5.41) is 51.2. The summed E-state index contributed by atoms with van der Waals surface area (Å²) in [6, 6.07) is 7.91. The number of phenols is 5. The molecule has 1 aliphatic heterocycles. The van der Waals surface area contributed by atoms with Gasteiger partial charge in [-0.15, -0.1) is 0 Å². The summed E-state index contributed by atoms with van der Waals surface area (Å²) >= 11 is 0. The molecule has 1 heterocycles. The zero-order valence-electron chi connectivity index (χ0n) is 26.9. The maximum Gasteiger partial charge on any atom is 0.342 e. The minimum atomic E-state index is -1.73. The number of carbonyl (C=O) groups is 6. The Bertz CT molecular complexity index is 1940. The van der Waals surface area contributed by atoms with Crippen molar-refractivity contribution in [1.29, 1.82) is 0 Å². The highest BCUT2D eigenvalue weighted by Crippen LogP contribution is 2.44. The van der Waals surface area contributed by atoms with Gasteiger partial charge in [0.05, 0.1) is 5.56 Å². The van der Waals surface area contributed by atoms with E-state index in [0.717, 1.165) is 65.0 Å². The van der Waals surface area contributed by atoms with Crippen molar-refractivity contribution in [3.8, 4) is 40.2 Å². The van der Waals surface area contributed by atoms with Crippen molar-refractivity contribution in [3.05, 3.63) is 70.3 Å². The summed E-state index contributed by atoms with van der Waals surface area (Å²) in [6.07, 6.45) is -4.60. The number of aromatic hydroxyl groups is 5. The summed E-state index contributed by atoms with van der Waals surface area (Å²) in [5.74, 6) is -8.65. The van der Waals surface area contributed by atoms with Crippen molar-refractivity contribution in [1.82, 2.24) is 0 Å². The Morgan fingerprint density at radius 3 is 1.94 bits per heavy atom. The lowest BCUT2D eigenvalue weighted by Crippen LogP contribution is -2.36. The quantitative estimate of drug-likeness (QED) is 0.0488. The third-order valence-electron chi connectivity index (χ3n) is 7.64. The lowest BCUT2D eigenvalue weighted by molar-refractivity contribution is -0.151. The van der Waals surface area contributed by atoms with E-state index < -0.39 is 98.7 Å². The molecule has 49 heavy (non-hydrogen) atoms. The fraction of sp³-hybridized carbons (Fsp3) is 0.257. The van der Waals surface area contributed by atoms with Gasteiger partial charge < -0.3 is 39.7 Å². The maximum atomic E-state index is 14.0. The number of ketones is 5. The highest BCUT2D eigenvalue weighted by atomic mass is 16.6. The molecule has 0 saturated carbocycles. The Morgan fingerprint density at radius 1 is 0.755 bits per heavy atom. The average molecular weight is 677 g/mol. The van der Waals surface area contributed by atoms with E-state index in [1.54, 1.807) is 0 Å². The molecule has 14 nitrogen and oxygen atoms in total. The molecule has 256 valence electrons. The van der Waals surface area contributed by atoms with E-state index in [1.807, 2.05) is 0 Å². The number of hydrogen-bond donors (Lipinski definition) is 5. The van der Waals surface area contributed by atoms with E-state index in [1.165, 1.54) is 12.1 Å². The molecule has 14 heteroatoms. The zero-order valence-corrected chi connectivity index (χ0v) is 26.9. The van der Waals surface area contributed by atoms with Crippen LogP contribution in [0.2, 0.25) is 0 Å². The number of Topliss-reactive ketones (excluding diaryl/α,β-unsaturated/α-hetero) is 5. The van der Waals surface area contributed by atoms with Gasteiger partial charge in [0.25, 0.3) is 0 Å². The van der Waals surface area contributed by atoms with Gasteiger partial charge in [0.2, 0.25) is 6.10 Å². The predicted octanol–water partition coefficient (Wildman–Crippen LogP) is 3.56. The van der Waals surface area contributed by atoms with Crippen LogP contribution in [0, 0.1) is 0 Å². The van der Waals surface area contributed by atoms with E-state index >= 15 is 0 Å². The second-order valence-corrected chi connectivity index (χ2v) is 11.4. The molecule has 0 aliphatic carbocycles. The SMILES string of the molecule is CC(=O)C(C(=O)OC1Cc2c(O)cc(O)cc2OC1c1ccc(O)c(O)c1)=C(C(C)=O)c1ccc(O)c(OC(C(C)=O)C(C)=O)c1C(C)=O. The van der Waals surface area contributed by atoms with Gasteiger partial charge >= 0.3 is 5.97 Å². The van der Waals surface area contributed by atoms with Crippen LogP contribution in [-0.2, 0) is 35.1 Å². The van der Waals surface area contributed by atoms with Crippen LogP contribution in [0.4, 0.5) is 0 Å². The molecule has 0 aromatic heterocycles. The van der Waals surface area contributed by atoms with Crippen molar-refractivity contribution in [2.75, 3.05) is 0 Å². The van der Waals surface area contributed by atoms with Gasteiger partial charge in [-0.2, -0.15) is 0 Å². The van der Waals surface area contributed by atoms with E-state index in [0.29, 0.717) is 0 Å². The average Bonchev–Trinajstić information content (AvgIpc) is 2.99. The molecule has 5 N–H and O–H groups in total. The summed E-state index contributed by atoms with van der Waals surface area (Å²) in [6.45, 7) is 5.10. The molecule has 0 bridgehead atoms. The summed E-state index contributed by atoms with van der Waals surface area (Å²) < 4.78 is 17.2. The number of phenolic OH excluding ortho intramolecular Hbond substituents is 5. The Balaban J connectivity index is 1.90. The van der Waals surface area contributed by atoms with Crippen LogP contribution in [0.5, 0.6) is 40.2 Å². The lowest BCUT2D eigenvalue weighted by Gasteiger charge is -2.34. The Labute approximate surface area is 278 Å². The molecule has 2 atom stereocenters. The molecule has 1 aliphatic rings. The van der Waals surface area contributed by atoms with E-state index in [2.05, 4.69) is 0 Å². The normalized spacial score (nSPS) is 15.7. The van der Waals surface area contributed by atoms with E-state index in [4.69, 9.17) is 14.2 Å². The zero-order chi connectivity index (χ0) is 36.5. The minimum absolute atomic E-state index is 0.00581. The first-order valence-electron chi connectivity index (χ1n) is 14.7. The first kappa shape index (κ1) is 35.7. The molecule has 3 aromatic rings. The highest BCUT2D eigenvalue weighted by molar-refractivity contribution is 6.35. The molecule has 0 radical (unpaired) electrons. The third kappa shape index (κ3) is 7.22.